The molecule has 0 amide bonds. The van der Waals surface area contributed by atoms with Gasteiger partial charge in [0.1, 0.15) is 22.7 Å². The van der Waals surface area contributed by atoms with Crippen molar-refractivity contribution in [2.24, 2.45) is 5.92 Å². The monoisotopic (exact) mass is 340 g/mol. The van der Waals surface area contributed by atoms with Crippen molar-refractivity contribution in [3.05, 3.63) is 41.2 Å². The van der Waals surface area contributed by atoms with E-state index in [0.717, 1.165) is 5.56 Å². The predicted molar refractivity (Wildman–Crippen MR) is 92.6 cm³/mol. The molecule has 2 aliphatic rings. The Balaban J connectivity index is 1.96. The van der Waals surface area contributed by atoms with Crippen LogP contribution in [0.25, 0.3) is 17.4 Å². The van der Waals surface area contributed by atoms with Crippen LogP contribution >= 0.6 is 0 Å². The summed E-state index contributed by atoms with van der Waals surface area (Å²) in [6, 6.07) is 3.31. The Bertz CT molecular complexity index is 903. The van der Waals surface area contributed by atoms with E-state index in [1.54, 1.807) is 12.1 Å². The van der Waals surface area contributed by atoms with E-state index >= 15 is 0 Å². The van der Waals surface area contributed by atoms with Gasteiger partial charge in [-0.05, 0) is 38.0 Å². The fourth-order valence-corrected chi connectivity index (χ4v) is 3.51. The maximum Gasteiger partial charge on any atom is 0.167 e. The summed E-state index contributed by atoms with van der Waals surface area (Å²) in [6.45, 7) is 5.65. The van der Waals surface area contributed by atoms with Crippen molar-refractivity contribution in [2.75, 3.05) is 0 Å². The van der Waals surface area contributed by atoms with E-state index in [-0.39, 0.29) is 29.6 Å². The highest BCUT2D eigenvalue weighted by Gasteiger charge is 2.37. The van der Waals surface area contributed by atoms with Crippen LogP contribution in [0.2, 0.25) is 0 Å². The van der Waals surface area contributed by atoms with Gasteiger partial charge < -0.3 is 19.4 Å². The molecule has 0 saturated heterocycles. The fourth-order valence-electron chi connectivity index (χ4n) is 3.51. The van der Waals surface area contributed by atoms with E-state index in [0.29, 0.717) is 22.4 Å². The zero-order valence-corrected chi connectivity index (χ0v) is 14.4. The van der Waals surface area contributed by atoms with E-state index in [4.69, 9.17) is 9.15 Å². The smallest absolute Gasteiger partial charge is 0.167 e. The van der Waals surface area contributed by atoms with Crippen LogP contribution in [0.15, 0.2) is 28.9 Å². The summed E-state index contributed by atoms with van der Waals surface area (Å²) < 4.78 is 11.7. The van der Waals surface area contributed by atoms with Crippen molar-refractivity contribution in [2.45, 2.75) is 38.9 Å². The molecule has 5 heteroatoms. The van der Waals surface area contributed by atoms with Gasteiger partial charge in [0.15, 0.2) is 11.5 Å². The first-order valence-corrected chi connectivity index (χ1v) is 8.36. The summed E-state index contributed by atoms with van der Waals surface area (Å²) in [6.07, 6.45) is 4.75. The number of ketones is 1. The third-order valence-electron chi connectivity index (χ3n) is 4.89. The maximum atomic E-state index is 12.6. The molecule has 1 unspecified atom stereocenters. The molecular formula is C20H20O5. The largest absolute Gasteiger partial charge is 0.507 e. The third kappa shape index (κ3) is 2.38. The Hall–Kier alpha value is -2.53. The fraction of sp³-hybridized carbons (Fsp3) is 0.350. The molecule has 5 nitrogen and oxygen atoms in total. The van der Waals surface area contributed by atoms with Gasteiger partial charge >= 0.3 is 0 Å². The van der Waals surface area contributed by atoms with Gasteiger partial charge in [-0.15, -0.1) is 0 Å². The van der Waals surface area contributed by atoms with E-state index in [9.17, 15) is 15.0 Å². The average Bonchev–Trinajstić information content (AvgIpc) is 2.97. The first-order chi connectivity index (χ1) is 11.8. The molecule has 4 rings (SSSR count). The van der Waals surface area contributed by atoms with Crippen molar-refractivity contribution in [3.8, 4) is 22.8 Å². The lowest BCUT2D eigenvalue weighted by atomic mass is 9.82. The summed E-state index contributed by atoms with van der Waals surface area (Å²) in [5, 5.41) is 20.9. The Kier molecular flexibility index (Phi) is 3.34. The van der Waals surface area contributed by atoms with Gasteiger partial charge in [-0.2, -0.15) is 0 Å². The highest BCUT2D eigenvalue weighted by molar-refractivity contribution is 6.05. The van der Waals surface area contributed by atoms with E-state index < -0.39 is 11.7 Å². The van der Waals surface area contributed by atoms with Crippen LogP contribution in [0.3, 0.4) is 0 Å². The number of benzene rings is 1. The average molecular weight is 340 g/mol. The number of hydrogen-bond donors (Lipinski definition) is 2. The highest BCUT2D eigenvalue weighted by atomic mass is 16.5. The normalized spacial score (nSPS) is 23.8. The summed E-state index contributed by atoms with van der Waals surface area (Å²) in [5.74, 6) is 0.445. The zero-order valence-electron chi connectivity index (χ0n) is 14.4. The van der Waals surface area contributed by atoms with Crippen LogP contribution in [-0.2, 0) is 0 Å². The lowest BCUT2D eigenvalue weighted by molar-refractivity contribution is 0.0754. The van der Waals surface area contributed by atoms with Gasteiger partial charge in [-0.3, -0.25) is 4.79 Å². The number of phenolic OH excluding ortho intramolecular Hbond substituents is 1. The molecule has 2 N–H and O–H groups in total. The van der Waals surface area contributed by atoms with Crippen molar-refractivity contribution in [1.82, 2.24) is 0 Å². The van der Waals surface area contributed by atoms with Crippen LogP contribution in [0.4, 0.5) is 0 Å². The Morgan fingerprint density at radius 1 is 1.24 bits per heavy atom. The first-order valence-electron chi connectivity index (χ1n) is 8.36. The van der Waals surface area contributed by atoms with Gasteiger partial charge in [0.25, 0.3) is 0 Å². The molecule has 0 saturated carbocycles. The van der Waals surface area contributed by atoms with E-state index in [1.165, 1.54) is 6.26 Å². The molecule has 2 heterocycles. The standard InChI is InChI=1S/C20H20O5/c1-10-8-14(22)15-12(17(10)23)9-24-19(15)16-13(21)5-4-11-6-7-20(2,3)25-18(11)16/h4-7,9-10,17,21,23H,8H2,1-3H3/t10-,17?/m0/s1. The molecule has 1 aromatic carbocycles. The van der Waals surface area contributed by atoms with Crippen molar-refractivity contribution >= 4 is 11.9 Å². The second-order valence-electron chi connectivity index (χ2n) is 7.36. The molecular weight excluding hydrogens is 320 g/mol. The van der Waals surface area contributed by atoms with Gasteiger partial charge in [0.2, 0.25) is 0 Å². The number of phenols is 1. The predicted octanol–water partition coefficient (Wildman–Crippen LogP) is 4.09. The molecule has 0 radical (unpaired) electrons. The van der Waals surface area contributed by atoms with Gasteiger partial charge in [0.05, 0.1) is 17.9 Å². The Morgan fingerprint density at radius 3 is 2.76 bits per heavy atom. The topological polar surface area (TPSA) is 79.9 Å². The number of aliphatic hydroxyl groups excluding tert-OH is 1. The number of furan rings is 1. The number of fused-ring (bicyclic) bond motifs is 2. The van der Waals surface area contributed by atoms with Gasteiger partial charge in [-0.1, -0.05) is 13.0 Å². The minimum Gasteiger partial charge on any atom is -0.507 e. The van der Waals surface area contributed by atoms with Crippen molar-refractivity contribution < 1.29 is 24.2 Å². The molecule has 1 aliphatic carbocycles. The SMILES string of the molecule is C[C@H]1CC(=O)c2c(coc2-c2c(O)ccc3c2OC(C)(C)C=C3)C1O. The molecule has 1 aromatic heterocycles. The highest BCUT2D eigenvalue weighted by Crippen LogP contribution is 2.49. The Labute approximate surface area is 145 Å². The van der Waals surface area contributed by atoms with Crippen molar-refractivity contribution in [3.63, 3.8) is 0 Å². The third-order valence-corrected chi connectivity index (χ3v) is 4.89. The molecule has 0 spiro atoms. The molecule has 130 valence electrons. The van der Waals surface area contributed by atoms with Crippen molar-refractivity contribution in [1.29, 1.82) is 0 Å². The maximum absolute atomic E-state index is 12.6. The second-order valence-corrected chi connectivity index (χ2v) is 7.36. The zero-order chi connectivity index (χ0) is 17.9. The lowest BCUT2D eigenvalue weighted by Crippen LogP contribution is -2.28. The number of rotatable bonds is 1. The molecule has 2 atom stereocenters. The molecule has 0 bridgehead atoms. The summed E-state index contributed by atoms with van der Waals surface area (Å²) in [7, 11) is 0. The van der Waals surface area contributed by atoms with Crippen LogP contribution in [0, 0.1) is 5.92 Å². The van der Waals surface area contributed by atoms with Crippen LogP contribution in [-0.4, -0.2) is 21.6 Å². The number of hydrogen-bond acceptors (Lipinski definition) is 5. The second kappa shape index (κ2) is 5.23. The number of aliphatic hydroxyl groups is 1. The number of carbonyl (C=O) groups is 1. The summed E-state index contributed by atoms with van der Waals surface area (Å²) in [4.78, 5) is 12.6. The van der Waals surface area contributed by atoms with E-state index in [2.05, 4.69) is 0 Å². The number of carbonyl (C=O) groups excluding carboxylic acids is 1. The number of Topliss-reactive ketones (excluding diaryl/α,β-unsaturated/α-hetero) is 1. The molecule has 1 aliphatic heterocycles. The van der Waals surface area contributed by atoms with Gasteiger partial charge in [0, 0.05) is 17.5 Å². The van der Waals surface area contributed by atoms with Gasteiger partial charge in [-0.25, -0.2) is 0 Å². The van der Waals surface area contributed by atoms with E-state index in [1.807, 2.05) is 32.9 Å². The molecule has 2 aromatic rings. The molecule has 0 fully saturated rings. The minimum absolute atomic E-state index is 0.0251. The summed E-state index contributed by atoms with van der Waals surface area (Å²) >= 11 is 0. The van der Waals surface area contributed by atoms with Crippen LogP contribution in [0.5, 0.6) is 11.5 Å². The van der Waals surface area contributed by atoms with Crippen LogP contribution < -0.4 is 4.74 Å². The minimum atomic E-state index is -0.760. The Morgan fingerprint density at radius 2 is 2.00 bits per heavy atom. The number of ether oxygens (including phenoxy) is 1. The first kappa shape index (κ1) is 16.0. The lowest BCUT2D eigenvalue weighted by Gasteiger charge is -2.29. The molecule has 25 heavy (non-hydrogen) atoms. The quantitative estimate of drug-likeness (QED) is 0.817. The number of aromatic hydroxyl groups is 1. The van der Waals surface area contributed by atoms with Crippen LogP contribution in [0.1, 0.15) is 54.8 Å². The summed E-state index contributed by atoms with van der Waals surface area (Å²) in [5.41, 5.74) is 1.42.